The molecule has 0 bridgehead atoms. The monoisotopic (exact) mass is 512 g/mol. The first-order valence-electron chi connectivity index (χ1n) is 11.9. The lowest BCUT2D eigenvalue weighted by Crippen LogP contribution is -2.56. The van der Waals surface area contributed by atoms with E-state index in [2.05, 4.69) is 37.8 Å². The number of hydrogen-bond donors (Lipinski definition) is 3. The van der Waals surface area contributed by atoms with Gasteiger partial charge in [-0.15, -0.1) is 0 Å². The van der Waals surface area contributed by atoms with Gasteiger partial charge in [0.25, 0.3) is 5.91 Å². The van der Waals surface area contributed by atoms with Crippen molar-refractivity contribution in [1.82, 2.24) is 15.2 Å². The lowest BCUT2D eigenvalue weighted by Gasteiger charge is -2.44. The van der Waals surface area contributed by atoms with E-state index in [1.807, 2.05) is 18.2 Å². The largest absolute Gasteiger partial charge is 0.489 e. The molecular formula is C26H27F3N6O2. The SMILES string of the molecule is CNC(=O)c1ccccc1Nc1cc(Nc2ccc3c(c2)OC[C@H]2CN(C)CCN32)ncc1C(F)(F)F. The number of likely N-dealkylation sites (N-methyl/N-ethyl adjacent to an activating group) is 1. The Balaban J connectivity index is 1.43. The van der Waals surface area contributed by atoms with Gasteiger partial charge in [-0.1, -0.05) is 12.1 Å². The summed E-state index contributed by atoms with van der Waals surface area (Å²) < 4.78 is 47.3. The number of halogens is 3. The third kappa shape index (κ3) is 5.12. The molecule has 5 rings (SSSR count). The molecule has 0 spiro atoms. The summed E-state index contributed by atoms with van der Waals surface area (Å²) in [6, 6.07) is 13.6. The zero-order valence-corrected chi connectivity index (χ0v) is 20.4. The van der Waals surface area contributed by atoms with Crippen LogP contribution in [-0.4, -0.2) is 62.2 Å². The normalized spacial score (nSPS) is 17.3. The van der Waals surface area contributed by atoms with Crippen LogP contribution in [0, 0.1) is 0 Å². The van der Waals surface area contributed by atoms with E-state index in [1.165, 1.54) is 19.2 Å². The first-order chi connectivity index (χ1) is 17.7. The quantitative estimate of drug-likeness (QED) is 0.466. The molecule has 3 N–H and O–H groups in total. The molecule has 0 unspecified atom stereocenters. The molecule has 1 aromatic heterocycles. The Morgan fingerprint density at radius 3 is 2.68 bits per heavy atom. The average molecular weight is 513 g/mol. The van der Waals surface area contributed by atoms with Gasteiger partial charge < -0.3 is 30.5 Å². The Hall–Kier alpha value is -3.99. The lowest BCUT2D eigenvalue weighted by molar-refractivity contribution is -0.137. The molecule has 37 heavy (non-hydrogen) atoms. The van der Waals surface area contributed by atoms with Gasteiger partial charge in [-0.05, 0) is 31.3 Å². The molecule has 1 saturated heterocycles. The van der Waals surface area contributed by atoms with Gasteiger partial charge in [0.15, 0.2) is 0 Å². The van der Waals surface area contributed by atoms with E-state index in [-0.39, 0.29) is 28.8 Å². The van der Waals surface area contributed by atoms with E-state index >= 15 is 0 Å². The molecule has 2 aliphatic rings. The van der Waals surface area contributed by atoms with Crippen molar-refractivity contribution >= 4 is 34.5 Å². The number of aromatic nitrogens is 1. The summed E-state index contributed by atoms with van der Waals surface area (Å²) in [4.78, 5) is 20.8. The maximum absolute atomic E-state index is 13.8. The van der Waals surface area contributed by atoms with Crippen molar-refractivity contribution in [2.24, 2.45) is 0 Å². The highest BCUT2D eigenvalue weighted by Crippen LogP contribution is 2.40. The smallest absolute Gasteiger partial charge is 0.419 e. The number of para-hydroxylation sites is 1. The van der Waals surface area contributed by atoms with E-state index < -0.39 is 17.6 Å². The standard InChI is InChI=1S/C26H27F3N6O2/c1-30-25(36)18-5-3-4-6-20(18)33-21-12-24(31-13-19(21)26(27,28)29)32-16-7-8-22-23(11-16)37-15-17-14-34(2)9-10-35(17)22/h3-8,11-13,17H,9-10,14-15H2,1-2H3,(H,30,36)(H2,31,32,33)/t17-/m1/s1. The number of rotatable bonds is 5. The number of carbonyl (C=O) groups is 1. The number of nitrogens with zero attached hydrogens (tertiary/aromatic N) is 3. The van der Waals surface area contributed by atoms with Crippen molar-refractivity contribution < 1.29 is 22.7 Å². The van der Waals surface area contributed by atoms with Crippen LogP contribution in [0.2, 0.25) is 0 Å². The van der Waals surface area contributed by atoms with Crippen LogP contribution in [0.3, 0.4) is 0 Å². The van der Waals surface area contributed by atoms with E-state index in [0.717, 1.165) is 37.3 Å². The van der Waals surface area contributed by atoms with Gasteiger partial charge >= 0.3 is 6.18 Å². The molecule has 1 amide bonds. The number of ether oxygens (including phenoxy) is 1. The molecule has 0 saturated carbocycles. The number of alkyl halides is 3. The van der Waals surface area contributed by atoms with Gasteiger partial charge in [-0.2, -0.15) is 13.2 Å². The third-order valence-corrected chi connectivity index (χ3v) is 6.54. The first-order valence-corrected chi connectivity index (χ1v) is 11.9. The van der Waals surface area contributed by atoms with Crippen LogP contribution in [-0.2, 0) is 6.18 Å². The maximum atomic E-state index is 13.8. The topological polar surface area (TPSA) is 81.8 Å². The van der Waals surface area contributed by atoms with E-state index in [1.54, 1.807) is 18.2 Å². The summed E-state index contributed by atoms with van der Waals surface area (Å²) in [6.45, 7) is 3.35. The molecule has 0 aliphatic carbocycles. The Bertz CT molecular complexity index is 1320. The summed E-state index contributed by atoms with van der Waals surface area (Å²) in [7, 11) is 3.55. The predicted octanol–water partition coefficient (Wildman–Crippen LogP) is 4.46. The van der Waals surface area contributed by atoms with Crippen LogP contribution in [0.4, 0.5) is 41.7 Å². The Morgan fingerprint density at radius 1 is 1.08 bits per heavy atom. The van der Waals surface area contributed by atoms with Crippen LogP contribution in [0.1, 0.15) is 15.9 Å². The van der Waals surface area contributed by atoms with Gasteiger partial charge in [0.05, 0.1) is 34.2 Å². The highest BCUT2D eigenvalue weighted by atomic mass is 19.4. The van der Waals surface area contributed by atoms with Crippen LogP contribution < -0.4 is 25.6 Å². The molecular weight excluding hydrogens is 485 g/mol. The number of piperazine rings is 1. The molecule has 11 heteroatoms. The minimum atomic E-state index is -4.64. The molecule has 2 aliphatic heterocycles. The molecule has 3 aromatic rings. The number of fused-ring (bicyclic) bond motifs is 3. The van der Waals surface area contributed by atoms with Crippen molar-refractivity contribution in [3.8, 4) is 5.75 Å². The summed E-state index contributed by atoms with van der Waals surface area (Å²) in [6.07, 6.45) is -3.87. The average Bonchev–Trinajstić information content (AvgIpc) is 2.87. The second-order valence-corrected chi connectivity index (χ2v) is 9.09. The fourth-order valence-electron chi connectivity index (χ4n) is 4.67. The van der Waals surface area contributed by atoms with Gasteiger partial charge in [0, 0.05) is 50.7 Å². The van der Waals surface area contributed by atoms with E-state index in [4.69, 9.17) is 4.74 Å². The minimum Gasteiger partial charge on any atom is -0.489 e. The van der Waals surface area contributed by atoms with Crippen molar-refractivity contribution in [3.63, 3.8) is 0 Å². The number of nitrogens with one attached hydrogen (secondary N) is 3. The van der Waals surface area contributed by atoms with Crippen LogP contribution in [0.5, 0.6) is 5.75 Å². The molecule has 1 atom stereocenters. The molecule has 2 aromatic carbocycles. The number of benzene rings is 2. The minimum absolute atomic E-state index is 0.209. The van der Waals surface area contributed by atoms with Crippen molar-refractivity contribution in [2.75, 3.05) is 55.9 Å². The summed E-state index contributed by atoms with van der Waals surface area (Å²) in [5.41, 5.74) is 0.932. The van der Waals surface area contributed by atoms with Crippen LogP contribution >= 0.6 is 0 Å². The maximum Gasteiger partial charge on any atom is 0.419 e. The second kappa shape index (κ2) is 9.81. The van der Waals surface area contributed by atoms with Gasteiger partial charge in [0.2, 0.25) is 0 Å². The van der Waals surface area contributed by atoms with E-state index in [9.17, 15) is 18.0 Å². The van der Waals surface area contributed by atoms with Gasteiger partial charge in [-0.25, -0.2) is 4.98 Å². The van der Waals surface area contributed by atoms with Crippen molar-refractivity contribution in [2.45, 2.75) is 12.2 Å². The summed E-state index contributed by atoms with van der Waals surface area (Å²) in [5.74, 6) is 0.512. The predicted molar refractivity (Wildman–Crippen MR) is 136 cm³/mol. The Labute approximate surface area is 212 Å². The fraction of sp³-hybridized carbons (Fsp3) is 0.308. The molecule has 0 radical (unpaired) electrons. The highest BCUT2D eigenvalue weighted by Gasteiger charge is 2.35. The van der Waals surface area contributed by atoms with E-state index in [0.29, 0.717) is 12.3 Å². The number of anilines is 5. The zero-order valence-electron chi connectivity index (χ0n) is 20.4. The first kappa shape index (κ1) is 24.7. The number of hydrogen-bond acceptors (Lipinski definition) is 7. The molecule has 8 nitrogen and oxygen atoms in total. The van der Waals surface area contributed by atoms with Gasteiger partial charge in [0.1, 0.15) is 18.2 Å². The fourth-order valence-corrected chi connectivity index (χ4v) is 4.67. The molecule has 3 heterocycles. The number of pyridine rings is 1. The Kier molecular flexibility index (Phi) is 6.55. The third-order valence-electron chi connectivity index (χ3n) is 6.54. The Morgan fingerprint density at radius 2 is 1.89 bits per heavy atom. The summed E-state index contributed by atoms with van der Waals surface area (Å²) in [5, 5.41) is 8.36. The van der Waals surface area contributed by atoms with Crippen molar-refractivity contribution in [1.29, 1.82) is 0 Å². The summed E-state index contributed by atoms with van der Waals surface area (Å²) >= 11 is 0. The van der Waals surface area contributed by atoms with Gasteiger partial charge in [-0.3, -0.25) is 4.79 Å². The number of carbonyl (C=O) groups excluding carboxylic acids is 1. The lowest BCUT2D eigenvalue weighted by atomic mass is 10.1. The molecule has 1 fully saturated rings. The molecule has 194 valence electrons. The van der Waals surface area contributed by atoms with Crippen LogP contribution in [0.15, 0.2) is 54.7 Å². The zero-order chi connectivity index (χ0) is 26.2. The van der Waals surface area contributed by atoms with Crippen LogP contribution in [0.25, 0.3) is 0 Å². The highest BCUT2D eigenvalue weighted by molar-refractivity contribution is 6.00. The second-order valence-electron chi connectivity index (χ2n) is 9.09. The van der Waals surface area contributed by atoms with Crippen molar-refractivity contribution in [3.05, 3.63) is 65.9 Å². The number of amides is 1.